The number of benzene rings is 2. The highest BCUT2D eigenvalue weighted by molar-refractivity contribution is 7.18. The van der Waals surface area contributed by atoms with Crippen molar-refractivity contribution in [2.45, 2.75) is 25.4 Å². The number of hydrogen-bond donors (Lipinski definition) is 0. The second kappa shape index (κ2) is 9.37. The zero-order valence-corrected chi connectivity index (χ0v) is 20.3. The molecule has 1 saturated heterocycles. The maximum atomic E-state index is 13.7. The largest absolute Gasteiger partial charge is 0.486 e. The summed E-state index contributed by atoms with van der Waals surface area (Å²) in [5.41, 5.74) is 1.87. The van der Waals surface area contributed by atoms with Gasteiger partial charge in [0.25, 0.3) is 0 Å². The molecule has 174 valence electrons. The number of thiazole rings is 1. The lowest BCUT2D eigenvalue weighted by Crippen LogP contribution is -2.40. The lowest BCUT2D eigenvalue weighted by atomic mass is 10.2. The molecule has 4 heterocycles. The summed E-state index contributed by atoms with van der Waals surface area (Å²) in [7, 11) is 0. The minimum absolute atomic E-state index is 0.0816. The van der Waals surface area contributed by atoms with Gasteiger partial charge in [-0.15, -0.1) is 22.7 Å². The van der Waals surface area contributed by atoms with E-state index in [0.29, 0.717) is 32.1 Å². The molecule has 2 aromatic heterocycles. The third-order valence-corrected chi connectivity index (χ3v) is 8.33. The van der Waals surface area contributed by atoms with Gasteiger partial charge in [0.05, 0.1) is 29.3 Å². The second-order valence-corrected chi connectivity index (χ2v) is 10.6. The van der Waals surface area contributed by atoms with Gasteiger partial charge in [-0.2, -0.15) is 0 Å². The molecule has 6 rings (SSSR count). The zero-order valence-electron chi connectivity index (χ0n) is 18.7. The molecule has 0 saturated carbocycles. The molecule has 6 nitrogen and oxygen atoms in total. The van der Waals surface area contributed by atoms with Crippen LogP contribution in [0.4, 0.5) is 5.69 Å². The number of carbonyl (C=O) groups excluding carboxylic acids is 1. The van der Waals surface area contributed by atoms with Crippen LogP contribution in [-0.2, 0) is 11.3 Å². The monoisotopic (exact) mass is 491 g/mol. The van der Waals surface area contributed by atoms with Crippen molar-refractivity contribution in [1.82, 2.24) is 9.88 Å². The van der Waals surface area contributed by atoms with E-state index in [0.717, 1.165) is 46.2 Å². The fourth-order valence-corrected chi connectivity index (χ4v) is 6.50. The van der Waals surface area contributed by atoms with Crippen LogP contribution in [0, 0.1) is 0 Å². The first-order chi connectivity index (χ1) is 16.7. The lowest BCUT2D eigenvalue weighted by molar-refractivity contribution is -0.120. The SMILES string of the molecule is O=C(CN1CCC[C@H]1c1nc2ccccc2s1)N(Cc1cccs1)c1ccc2c(c1)OCCO2. The van der Waals surface area contributed by atoms with Gasteiger partial charge in [0.1, 0.15) is 18.2 Å². The van der Waals surface area contributed by atoms with Crippen LogP contribution in [0.2, 0.25) is 0 Å². The van der Waals surface area contributed by atoms with Crippen LogP contribution in [-0.4, -0.2) is 42.1 Å². The Hall–Kier alpha value is -2.94. The average Bonchev–Trinajstić information content (AvgIpc) is 3.62. The number of carbonyl (C=O) groups is 1. The summed E-state index contributed by atoms with van der Waals surface area (Å²) in [5.74, 6) is 1.51. The van der Waals surface area contributed by atoms with E-state index in [1.807, 2.05) is 40.6 Å². The predicted molar refractivity (Wildman–Crippen MR) is 136 cm³/mol. The maximum absolute atomic E-state index is 13.7. The highest BCUT2D eigenvalue weighted by Crippen LogP contribution is 2.38. The van der Waals surface area contributed by atoms with Gasteiger partial charge < -0.3 is 14.4 Å². The molecule has 0 spiro atoms. The molecule has 2 aliphatic rings. The van der Waals surface area contributed by atoms with Crippen molar-refractivity contribution in [1.29, 1.82) is 0 Å². The van der Waals surface area contributed by atoms with Gasteiger partial charge in [0.2, 0.25) is 5.91 Å². The van der Waals surface area contributed by atoms with Crippen LogP contribution in [0.3, 0.4) is 0 Å². The number of rotatable bonds is 6. The van der Waals surface area contributed by atoms with Gasteiger partial charge in [0, 0.05) is 16.6 Å². The van der Waals surface area contributed by atoms with Crippen LogP contribution in [0.5, 0.6) is 11.5 Å². The van der Waals surface area contributed by atoms with Crippen LogP contribution >= 0.6 is 22.7 Å². The molecule has 4 aromatic rings. The van der Waals surface area contributed by atoms with Crippen molar-refractivity contribution in [2.75, 3.05) is 31.2 Å². The Labute approximate surface area is 206 Å². The molecule has 2 aromatic carbocycles. The van der Waals surface area contributed by atoms with Gasteiger partial charge in [-0.3, -0.25) is 9.69 Å². The van der Waals surface area contributed by atoms with Crippen molar-refractivity contribution in [2.24, 2.45) is 0 Å². The number of fused-ring (bicyclic) bond motifs is 2. The first-order valence-electron chi connectivity index (χ1n) is 11.6. The Morgan fingerprint density at radius 3 is 2.82 bits per heavy atom. The van der Waals surface area contributed by atoms with Crippen molar-refractivity contribution >= 4 is 44.5 Å². The van der Waals surface area contributed by atoms with Crippen molar-refractivity contribution in [3.8, 4) is 11.5 Å². The number of amides is 1. The molecule has 8 heteroatoms. The molecule has 0 aliphatic carbocycles. The van der Waals surface area contributed by atoms with Crippen LogP contribution in [0.1, 0.15) is 28.8 Å². The summed E-state index contributed by atoms with van der Waals surface area (Å²) in [5, 5.41) is 3.15. The number of aromatic nitrogens is 1. The number of hydrogen-bond acceptors (Lipinski definition) is 7. The normalized spacial score (nSPS) is 17.8. The smallest absolute Gasteiger partial charge is 0.241 e. The minimum atomic E-state index is 0.0816. The topological polar surface area (TPSA) is 54.9 Å². The number of ether oxygens (including phenoxy) is 2. The van der Waals surface area contributed by atoms with E-state index in [1.54, 1.807) is 22.7 Å². The van der Waals surface area contributed by atoms with Gasteiger partial charge >= 0.3 is 0 Å². The van der Waals surface area contributed by atoms with E-state index < -0.39 is 0 Å². The molecule has 1 amide bonds. The molecule has 0 unspecified atom stereocenters. The summed E-state index contributed by atoms with van der Waals surface area (Å²) >= 11 is 3.41. The van der Waals surface area contributed by atoms with Crippen molar-refractivity contribution < 1.29 is 14.3 Å². The summed E-state index contributed by atoms with van der Waals surface area (Å²) in [6.45, 7) is 2.87. The Bertz CT molecular complexity index is 1270. The third-order valence-electron chi connectivity index (χ3n) is 6.33. The predicted octanol–water partition coefficient (Wildman–Crippen LogP) is 5.50. The molecule has 34 heavy (non-hydrogen) atoms. The zero-order chi connectivity index (χ0) is 22.9. The molecule has 2 aliphatic heterocycles. The number of nitrogens with zero attached hydrogens (tertiary/aromatic N) is 3. The number of anilines is 1. The van der Waals surface area contributed by atoms with E-state index >= 15 is 0 Å². The third kappa shape index (κ3) is 4.29. The molecule has 0 radical (unpaired) electrons. The second-order valence-electron chi connectivity index (χ2n) is 8.54. The Morgan fingerprint density at radius 1 is 1.09 bits per heavy atom. The first kappa shape index (κ1) is 21.6. The molecule has 0 bridgehead atoms. The Balaban J connectivity index is 1.26. The standard InChI is InChI=1S/C26H25N3O3S2/c30-25(17-28-11-3-7-21(28)26-27-20-6-1-2-8-24(20)34-26)29(16-19-5-4-14-33-19)18-9-10-22-23(15-18)32-13-12-31-22/h1-2,4-6,8-10,14-15,21H,3,7,11-13,16-17H2/t21-/m0/s1. The number of likely N-dealkylation sites (tertiary alicyclic amines) is 1. The fourth-order valence-electron chi connectivity index (χ4n) is 4.67. The van der Waals surface area contributed by atoms with E-state index in [2.05, 4.69) is 29.2 Å². The van der Waals surface area contributed by atoms with Gasteiger partial charge in [-0.05, 0) is 55.1 Å². The van der Waals surface area contributed by atoms with E-state index in [1.165, 1.54) is 4.70 Å². The molecule has 1 fully saturated rings. The fraction of sp³-hybridized carbons (Fsp3) is 0.308. The van der Waals surface area contributed by atoms with Crippen molar-refractivity contribution in [3.05, 3.63) is 69.9 Å². The summed E-state index contributed by atoms with van der Waals surface area (Å²) in [4.78, 5) is 23.9. The molecular formula is C26H25N3O3S2. The van der Waals surface area contributed by atoms with Crippen LogP contribution < -0.4 is 14.4 Å². The van der Waals surface area contributed by atoms with E-state index in [4.69, 9.17) is 14.5 Å². The van der Waals surface area contributed by atoms with Gasteiger partial charge in [-0.25, -0.2) is 4.98 Å². The number of para-hydroxylation sites is 1. The Kier molecular flexibility index (Phi) is 5.95. The molecule has 1 atom stereocenters. The molecular weight excluding hydrogens is 466 g/mol. The van der Waals surface area contributed by atoms with Crippen LogP contribution in [0.25, 0.3) is 10.2 Å². The first-order valence-corrected chi connectivity index (χ1v) is 13.3. The van der Waals surface area contributed by atoms with Crippen LogP contribution in [0.15, 0.2) is 60.0 Å². The summed E-state index contributed by atoms with van der Waals surface area (Å²) < 4.78 is 12.7. The summed E-state index contributed by atoms with van der Waals surface area (Å²) in [6.07, 6.45) is 2.10. The highest BCUT2D eigenvalue weighted by Gasteiger charge is 2.32. The quantitative estimate of drug-likeness (QED) is 0.357. The minimum Gasteiger partial charge on any atom is -0.486 e. The van der Waals surface area contributed by atoms with Gasteiger partial charge in [-0.1, -0.05) is 18.2 Å². The summed E-state index contributed by atoms with van der Waals surface area (Å²) in [6, 6.07) is 18.3. The van der Waals surface area contributed by atoms with E-state index in [9.17, 15) is 4.79 Å². The van der Waals surface area contributed by atoms with E-state index in [-0.39, 0.29) is 11.9 Å². The van der Waals surface area contributed by atoms with Gasteiger partial charge in [0.15, 0.2) is 11.5 Å². The maximum Gasteiger partial charge on any atom is 0.241 e. The number of thiophene rings is 1. The lowest BCUT2D eigenvalue weighted by Gasteiger charge is -2.28. The highest BCUT2D eigenvalue weighted by atomic mass is 32.1. The Morgan fingerprint density at radius 2 is 1.97 bits per heavy atom. The average molecular weight is 492 g/mol. The van der Waals surface area contributed by atoms with Crippen molar-refractivity contribution in [3.63, 3.8) is 0 Å². The molecule has 0 N–H and O–H groups in total.